The molecule has 0 saturated heterocycles. The van der Waals surface area contributed by atoms with Gasteiger partial charge in [0.1, 0.15) is 12.1 Å². The second-order valence-electron chi connectivity index (χ2n) is 8.37. The van der Waals surface area contributed by atoms with Crippen LogP contribution < -0.4 is 10.2 Å². The first-order valence-electron chi connectivity index (χ1n) is 11.8. The van der Waals surface area contributed by atoms with Gasteiger partial charge in [-0.25, -0.2) is 15.0 Å². The van der Waals surface area contributed by atoms with Gasteiger partial charge in [0.2, 0.25) is 0 Å². The Labute approximate surface area is 208 Å². The van der Waals surface area contributed by atoms with Crippen LogP contribution in [0.25, 0.3) is 21.9 Å². The summed E-state index contributed by atoms with van der Waals surface area (Å²) in [5.41, 5.74) is 5.25. The lowest BCUT2D eigenvalue weighted by molar-refractivity contribution is 0.102. The monoisotopic (exact) mass is 475 g/mol. The molecule has 8 nitrogen and oxygen atoms in total. The van der Waals surface area contributed by atoms with Gasteiger partial charge >= 0.3 is 0 Å². The van der Waals surface area contributed by atoms with E-state index < -0.39 is 0 Å². The van der Waals surface area contributed by atoms with Crippen LogP contribution in [0, 0.1) is 18.8 Å². The molecule has 8 heteroatoms. The fourth-order valence-corrected chi connectivity index (χ4v) is 4.04. The van der Waals surface area contributed by atoms with Crippen LogP contribution in [0.3, 0.4) is 0 Å². The lowest BCUT2D eigenvalue weighted by Gasteiger charge is -2.21. The predicted molar refractivity (Wildman–Crippen MR) is 142 cm³/mol. The molecule has 36 heavy (non-hydrogen) atoms. The molecule has 0 unspecified atom stereocenters. The molecule has 0 spiro atoms. The Hall–Kier alpha value is -4.77. The Morgan fingerprint density at radius 1 is 1.00 bits per heavy atom. The number of amides is 1. The minimum atomic E-state index is -0.211. The molecular formula is C28H25N7O. The standard InChI is InChI=1S/C28H25N7O/c1-4-35(5-2)27-24-11-10-23(14-25(24)30-17-31-27)33-28(36)21-8-6-18(3)20(13-21)9-7-19-12-22-16-32-34-26(22)29-15-19/h6,8,10-17H,4-5H2,1-3H3,(H,33,36)(H,29,32,34). The van der Waals surface area contributed by atoms with Crippen LogP contribution in [0.4, 0.5) is 11.5 Å². The highest BCUT2D eigenvalue weighted by atomic mass is 16.1. The minimum absolute atomic E-state index is 0.211. The number of hydrogen-bond donors (Lipinski definition) is 2. The molecule has 0 radical (unpaired) electrons. The number of nitrogens with zero attached hydrogens (tertiary/aromatic N) is 5. The average Bonchev–Trinajstić information content (AvgIpc) is 3.37. The van der Waals surface area contributed by atoms with E-state index in [4.69, 9.17) is 0 Å². The number of fused-ring (bicyclic) bond motifs is 2. The zero-order valence-electron chi connectivity index (χ0n) is 20.3. The molecule has 2 aromatic carbocycles. The molecule has 0 aliphatic carbocycles. The Morgan fingerprint density at radius 2 is 1.86 bits per heavy atom. The summed E-state index contributed by atoms with van der Waals surface area (Å²) in [7, 11) is 0. The van der Waals surface area contributed by atoms with Gasteiger partial charge in [-0.1, -0.05) is 17.9 Å². The normalized spacial score (nSPS) is 10.8. The number of rotatable bonds is 5. The lowest BCUT2D eigenvalue weighted by Crippen LogP contribution is -2.23. The highest BCUT2D eigenvalue weighted by Gasteiger charge is 2.12. The van der Waals surface area contributed by atoms with Crippen LogP contribution in [0.2, 0.25) is 0 Å². The molecule has 3 aromatic heterocycles. The van der Waals surface area contributed by atoms with Gasteiger partial charge in [0.15, 0.2) is 5.65 Å². The average molecular weight is 476 g/mol. The zero-order chi connectivity index (χ0) is 25.1. The summed E-state index contributed by atoms with van der Waals surface area (Å²) in [5, 5.41) is 11.7. The largest absolute Gasteiger partial charge is 0.357 e. The van der Waals surface area contributed by atoms with Gasteiger partial charge in [-0.3, -0.25) is 9.89 Å². The van der Waals surface area contributed by atoms with E-state index in [0.29, 0.717) is 11.3 Å². The van der Waals surface area contributed by atoms with E-state index >= 15 is 0 Å². The summed E-state index contributed by atoms with van der Waals surface area (Å²) in [6.07, 6.45) is 4.98. The molecule has 0 fully saturated rings. The van der Waals surface area contributed by atoms with E-state index in [1.54, 1.807) is 24.8 Å². The van der Waals surface area contributed by atoms with Crippen molar-refractivity contribution in [1.29, 1.82) is 0 Å². The maximum Gasteiger partial charge on any atom is 0.255 e. The molecule has 2 N–H and O–H groups in total. The predicted octanol–water partition coefficient (Wildman–Crippen LogP) is 4.71. The van der Waals surface area contributed by atoms with E-state index in [9.17, 15) is 4.79 Å². The Balaban J connectivity index is 1.38. The van der Waals surface area contributed by atoms with Gasteiger partial charge in [0.05, 0.1) is 11.7 Å². The molecular weight excluding hydrogens is 450 g/mol. The number of pyridine rings is 1. The quantitative estimate of drug-likeness (QED) is 0.357. The molecule has 5 rings (SSSR count). The van der Waals surface area contributed by atoms with Gasteiger partial charge in [-0.05, 0) is 62.7 Å². The number of benzene rings is 2. The fourth-order valence-electron chi connectivity index (χ4n) is 4.04. The van der Waals surface area contributed by atoms with Crippen molar-refractivity contribution in [1.82, 2.24) is 25.1 Å². The molecule has 1 amide bonds. The van der Waals surface area contributed by atoms with E-state index in [1.807, 2.05) is 43.3 Å². The van der Waals surface area contributed by atoms with Crippen LogP contribution in [0.1, 0.15) is 40.9 Å². The number of hydrogen-bond acceptors (Lipinski definition) is 6. The number of H-pyrrole nitrogens is 1. The van der Waals surface area contributed by atoms with E-state index in [0.717, 1.165) is 57.5 Å². The molecule has 0 aliphatic rings. The van der Waals surface area contributed by atoms with Crippen molar-refractivity contribution < 1.29 is 4.79 Å². The zero-order valence-corrected chi connectivity index (χ0v) is 20.3. The lowest BCUT2D eigenvalue weighted by atomic mass is 10.0. The maximum atomic E-state index is 13.1. The van der Waals surface area contributed by atoms with Crippen molar-refractivity contribution in [3.63, 3.8) is 0 Å². The topological polar surface area (TPSA) is 99.7 Å². The first kappa shape index (κ1) is 23.0. The summed E-state index contributed by atoms with van der Waals surface area (Å²) in [4.78, 5) is 28.4. The third-order valence-electron chi connectivity index (χ3n) is 6.07. The first-order chi connectivity index (χ1) is 17.6. The smallest absolute Gasteiger partial charge is 0.255 e. The molecule has 5 aromatic rings. The van der Waals surface area contributed by atoms with Gasteiger partial charge in [-0.15, -0.1) is 0 Å². The van der Waals surface area contributed by atoms with Crippen molar-refractivity contribution in [2.24, 2.45) is 0 Å². The number of carbonyl (C=O) groups excluding carboxylic acids is 1. The number of aryl methyl sites for hydroxylation is 1. The molecule has 0 saturated carbocycles. The van der Waals surface area contributed by atoms with Crippen molar-refractivity contribution in [2.45, 2.75) is 20.8 Å². The number of carbonyl (C=O) groups is 1. The van der Waals surface area contributed by atoms with Crippen molar-refractivity contribution in [3.05, 3.63) is 83.4 Å². The van der Waals surface area contributed by atoms with Gasteiger partial charge < -0.3 is 10.2 Å². The SMILES string of the molecule is CCN(CC)c1ncnc2cc(NC(=O)c3ccc(C)c(C#Cc4cnc5[nH]ncc5c4)c3)ccc12. The second kappa shape index (κ2) is 9.84. The third-order valence-corrected chi connectivity index (χ3v) is 6.07. The van der Waals surface area contributed by atoms with Crippen LogP contribution in [-0.4, -0.2) is 44.1 Å². The number of aromatic amines is 1. The van der Waals surface area contributed by atoms with Gasteiger partial charge in [0.25, 0.3) is 5.91 Å². The minimum Gasteiger partial charge on any atom is -0.357 e. The molecule has 178 valence electrons. The highest BCUT2D eigenvalue weighted by Crippen LogP contribution is 2.25. The third kappa shape index (κ3) is 4.59. The summed E-state index contributed by atoms with van der Waals surface area (Å²) in [5.74, 6) is 7.00. The van der Waals surface area contributed by atoms with Gasteiger partial charge in [0, 0.05) is 52.4 Å². The van der Waals surface area contributed by atoms with Crippen LogP contribution in [0.5, 0.6) is 0 Å². The van der Waals surface area contributed by atoms with E-state index in [1.165, 1.54) is 0 Å². The summed E-state index contributed by atoms with van der Waals surface area (Å²) in [6, 6.07) is 13.1. The number of anilines is 2. The maximum absolute atomic E-state index is 13.1. The van der Waals surface area contributed by atoms with Crippen molar-refractivity contribution in [2.75, 3.05) is 23.3 Å². The Bertz CT molecular complexity index is 1640. The van der Waals surface area contributed by atoms with E-state index in [-0.39, 0.29) is 5.91 Å². The van der Waals surface area contributed by atoms with E-state index in [2.05, 4.69) is 61.1 Å². The number of nitrogens with one attached hydrogen (secondary N) is 2. The van der Waals surface area contributed by atoms with Crippen LogP contribution >= 0.6 is 0 Å². The second-order valence-corrected chi connectivity index (χ2v) is 8.37. The summed E-state index contributed by atoms with van der Waals surface area (Å²) >= 11 is 0. The van der Waals surface area contributed by atoms with Crippen molar-refractivity contribution >= 4 is 39.3 Å². The first-order valence-corrected chi connectivity index (χ1v) is 11.8. The fraction of sp³-hybridized carbons (Fsp3) is 0.179. The van der Waals surface area contributed by atoms with Crippen LogP contribution in [-0.2, 0) is 0 Å². The molecule has 0 atom stereocenters. The Morgan fingerprint density at radius 3 is 2.69 bits per heavy atom. The highest BCUT2D eigenvalue weighted by molar-refractivity contribution is 6.05. The number of aromatic nitrogens is 5. The Kier molecular flexibility index (Phi) is 6.29. The van der Waals surface area contributed by atoms with Crippen LogP contribution in [0.15, 0.2) is 61.2 Å². The summed E-state index contributed by atoms with van der Waals surface area (Å²) in [6.45, 7) is 7.88. The molecule has 3 heterocycles. The molecule has 0 aliphatic heterocycles. The van der Waals surface area contributed by atoms with Crippen molar-refractivity contribution in [3.8, 4) is 11.8 Å². The molecule has 0 bridgehead atoms. The summed E-state index contributed by atoms with van der Waals surface area (Å²) < 4.78 is 0. The van der Waals surface area contributed by atoms with Gasteiger partial charge in [-0.2, -0.15) is 5.10 Å².